The monoisotopic (exact) mass is 246 g/mol. The normalized spacial score (nSPS) is 13.0. The van der Waals surface area contributed by atoms with Crippen molar-refractivity contribution >= 4 is 28.6 Å². The summed E-state index contributed by atoms with van der Waals surface area (Å²) >= 11 is 7.40. The van der Waals surface area contributed by atoms with E-state index in [0.717, 1.165) is 15.6 Å². The van der Waals surface area contributed by atoms with E-state index in [-0.39, 0.29) is 0 Å². The molecular weight excluding hydrogens is 236 g/mol. The molecule has 0 bridgehead atoms. The SMILES string of the molecule is Cc1ccc(Br)cc1C(O)CS. The van der Waals surface area contributed by atoms with Gasteiger partial charge < -0.3 is 5.11 Å². The molecule has 1 nitrogen and oxygen atoms in total. The van der Waals surface area contributed by atoms with Gasteiger partial charge in [0.25, 0.3) is 0 Å². The predicted octanol–water partition coefficient (Wildman–Crippen LogP) is 2.72. The molecule has 0 aliphatic carbocycles. The molecule has 0 saturated heterocycles. The molecule has 0 radical (unpaired) electrons. The van der Waals surface area contributed by atoms with E-state index in [9.17, 15) is 5.11 Å². The van der Waals surface area contributed by atoms with Gasteiger partial charge in [0.1, 0.15) is 0 Å². The average Bonchev–Trinajstić information content (AvgIpc) is 2.08. The van der Waals surface area contributed by atoms with Gasteiger partial charge in [-0.15, -0.1) is 0 Å². The van der Waals surface area contributed by atoms with Gasteiger partial charge in [0.05, 0.1) is 6.10 Å². The molecule has 0 heterocycles. The Balaban J connectivity index is 3.04. The molecule has 3 heteroatoms. The number of hydrogen-bond donors (Lipinski definition) is 2. The van der Waals surface area contributed by atoms with Crippen molar-refractivity contribution in [3.05, 3.63) is 33.8 Å². The molecule has 0 saturated carbocycles. The second-order valence-electron chi connectivity index (χ2n) is 2.70. The number of hydrogen-bond acceptors (Lipinski definition) is 2. The standard InChI is InChI=1S/C9H11BrOS/c1-6-2-3-7(10)4-8(6)9(11)5-12/h2-4,9,11-12H,5H2,1H3. The summed E-state index contributed by atoms with van der Waals surface area (Å²) in [5, 5.41) is 9.54. The van der Waals surface area contributed by atoms with Crippen molar-refractivity contribution in [1.29, 1.82) is 0 Å². The first-order valence-electron chi connectivity index (χ1n) is 3.70. The number of aryl methyl sites for hydroxylation is 1. The summed E-state index contributed by atoms with van der Waals surface area (Å²) < 4.78 is 0.990. The molecule has 1 N–H and O–H groups in total. The first-order chi connectivity index (χ1) is 5.65. The molecular formula is C9H11BrOS. The zero-order valence-corrected chi connectivity index (χ0v) is 9.27. The maximum atomic E-state index is 9.54. The van der Waals surface area contributed by atoms with E-state index in [0.29, 0.717) is 5.75 Å². The summed E-state index contributed by atoms with van der Waals surface area (Å²) in [6.45, 7) is 1.98. The maximum absolute atomic E-state index is 9.54. The van der Waals surface area contributed by atoms with E-state index in [4.69, 9.17) is 0 Å². The Labute approximate surface area is 86.3 Å². The Morgan fingerprint density at radius 2 is 2.25 bits per heavy atom. The van der Waals surface area contributed by atoms with Crippen LogP contribution in [0.3, 0.4) is 0 Å². The molecule has 0 aliphatic rings. The Hall–Kier alpha value is 0.01000. The Morgan fingerprint density at radius 1 is 1.58 bits per heavy atom. The number of thiol groups is 1. The topological polar surface area (TPSA) is 20.2 Å². The minimum absolute atomic E-state index is 0.456. The van der Waals surface area contributed by atoms with Crippen molar-refractivity contribution in [3.8, 4) is 0 Å². The van der Waals surface area contributed by atoms with Crippen LogP contribution in [0, 0.1) is 6.92 Å². The molecule has 1 aromatic carbocycles. The van der Waals surface area contributed by atoms with Crippen LogP contribution in [0.1, 0.15) is 17.2 Å². The van der Waals surface area contributed by atoms with Gasteiger partial charge in [-0.25, -0.2) is 0 Å². The van der Waals surface area contributed by atoms with Crippen molar-refractivity contribution in [3.63, 3.8) is 0 Å². The van der Waals surface area contributed by atoms with Crippen LogP contribution in [0.4, 0.5) is 0 Å². The summed E-state index contributed by atoms with van der Waals surface area (Å²) in [6.07, 6.45) is -0.467. The van der Waals surface area contributed by atoms with Crippen LogP contribution in [0.25, 0.3) is 0 Å². The molecule has 0 amide bonds. The third-order valence-corrected chi connectivity index (χ3v) is 2.61. The maximum Gasteiger partial charge on any atom is 0.0880 e. The van der Waals surface area contributed by atoms with Crippen molar-refractivity contribution in [2.45, 2.75) is 13.0 Å². The fourth-order valence-electron chi connectivity index (χ4n) is 1.07. The highest BCUT2D eigenvalue weighted by atomic mass is 79.9. The molecule has 0 spiro atoms. The lowest BCUT2D eigenvalue weighted by Crippen LogP contribution is -2.00. The van der Waals surface area contributed by atoms with Gasteiger partial charge in [0.15, 0.2) is 0 Å². The third kappa shape index (κ3) is 2.25. The lowest BCUT2D eigenvalue weighted by molar-refractivity contribution is 0.203. The van der Waals surface area contributed by atoms with Crippen LogP contribution in [0.15, 0.2) is 22.7 Å². The van der Waals surface area contributed by atoms with Crippen LogP contribution < -0.4 is 0 Å². The van der Waals surface area contributed by atoms with E-state index in [1.165, 1.54) is 0 Å². The summed E-state index contributed by atoms with van der Waals surface area (Å²) in [5.74, 6) is 0.456. The van der Waals surface area contributed by atoms with Gasteiger partial charge >= 0.3 is 0 Å². The number of aliphatic hydroxyl groups is 1. The van der Waals surface area contributed by atoms with E-state index < -0.39 is 6.10 Å². The summed E-state index contributed by atoms with van der Waals surface area (Å²) in [5.41, 5.74) is 2.04. The Morgan fingerprint density at radius 3 is 2.83 bits per heavy atom. The molecule has 0 fully saturated rings. The lowest BCUT2D eigenvalue weighted by atomic mass is 10.1. The number of halogens is 1. The highest BCUT2D eigenvalue weighted by Gasteiger charge is 2.07. The Bertz CT molecular complexity index is 275. The van der Waals surface area contributed by atoms with E-state index in [2.05, 4.69) is 28.6 Å². The van der Waals surface area contributed by atoms with Crippen LogP contribution in [-0.2, 0) is 0 Å². The molecule has 1 atom stereocenters. The molecule has 0 aliphatic heterocycles. The number of rotatable bonds is 2. The summed E-state index contributed by atoms with van der Waals surface area (Å²) in [4.78, 5) is 0. The first kappa shape index (κ1) is 10.1. The van der Waals surface area contributed by atoms with Crippen molar-refractivity contribution in [2.24, 2.45) is 0 Å². The highest BCUT2D eigenvalue weighted by Crippen LogP contribution is 2.22. The minimum Gasteiger partial charge on any atom is -0.388 e. The quantitative estimate of drug-likeness (QED) is 0.770. The third-order valence-electron chi connectivity index (χ3n) is 1.77. The summed E-state index contributed by atoms with van der Waals surface area (Å²) in [7, 11) is 0. The second-order valence-corrected chi connectivity index (χ2v) is 3.98. The summed E-state index contributed by atoms with van der Waals surface area (Å²) in [6, 6.07) is 5.87. The zero-order chi connectivity index (χ0) is 9.14. The molecule has 0 aromatic heterocycles. The van der Waals surface area contributed by atoms with Gasteiger partial charge in [-0.2, -0.15) is 12.6 Å². The van der Waals surface area contributed by atoms with E-state index in [1.807, 2.05) is 25.1 Å². The van der Waals surface area contributed by atoms with Gasteiger partial charge in [-0.05, 0) is 30.2 Å². The van der Waals surface area contributed by atoms with Crippen molar-refractivity contribution in [1.82, 2.24) is 0 Å². The van der Waals surface area contributed by atoms with E-state index >= 15 is 0 Å². The fourth-order valence-corrected chi connectivity index (χ4v) is 1.64. The van der Waals surface area contributed by atoms with Gasteiger partial charge in [-0.3, -0.25) is 0 Å². The minimum atomic E-state index is -0.467. The largest absolute Gasteiger partial charge is 0.388 e. The van der Waals surface area contributed by atoms with Crippen LogP contribution in [0.2, 0.25) is 0 Å². The van der Waals surface area contributed by atoms with Crippen LogP contribution in [-0.4, -0.2) is 10.9 Å². The van der Waals surface area contributed by atoms with Crippen LogP contribution in [0.5, 0.6) is 0 Å². The van der Waals surface area contributed by atoms with E-state index in [1.54, 1.807) is 0 Å². The number of benzene rings is 1. The molecule has 1 rings (SSSR count). The smallest absolute Gasteiger partial charge is 0.0880 e. The first-order valence-corrected chi connectivity index (χ1v) is 5.12. The highest BCUT2D eigenvalue weighted by molar-refractivity contribution is 9.10. The van der Waals surface area contributed by atoms with Gasteiger partial charge in [0.2, 0.25) is 0 Å². The average molecular weight is 247 g/mol. The van der Waals surface area contributed by atoms with Crippen LogP contribution >= 0.6 is 28.6 Å². The molecule has 1 aromatic rings. The van der Waals surface area contributed by atoms with Gasteiger partial charge in [-0.1, -0.05) is 22.0 Å². The lowest BCUT2D eigenvalue weighted by Gasteiger charge is -2.11. The second kappa shape index (κ2) is 4.30. The van der Waals surface area contributed by atoms with Gasteiger partial charge in [0, 0.05) is 10.2 Å². The molecule has 12 heavy (non-hydrogen) atoms. The van der Waals surface area contributed by atoms with Crippen molar-refractivity contribution in [2.75, 3.05) is 5.75 Å². The molecule has 66 valence electrons. The van der Waals surface area contributed by atoms with Crippen molar-refractivity contribution < 1.29 is 5.11 Å². The zero-order valence-electron chi connectivity index (χ0n) is 6.79. The number of aliphatic hydroxyl groups excluding tert-OH is 1. The molecule has 1 unspecified atom stereocenters. The predicted molar refractivity (Wildman–Crippen MR) is 57.7 cm³/mol. The fraction of sp³-hybridized carbons (Fsp3) is 0.333. The Kier molecular flexibility index (Phi) is 3.62.